The van der Waals surface area contributed by atoms with Crippen molar-refractivity contribution in [1.82, 2.24) is 30.1 Å². The lowest BCUT2D eigenvalue weighted by molar-refractivity contribution is 0.144. The van der Waals surface area contributed by atoms with Gasteiger partial charge in [0.05, 0.1) is 11.1 Å². The Labute approximate surface area is 177 Å². The van der Waals surface area contributed by atoms with E-state index in [0.29, 0.717) is 11.5 Å². The summed E-state index contributed by atoms with van der Waals surface area (Å²) >= 11 is 0. The number of nitrogens with one attached hydrogen (secondary N) is 1. The zero-order valence-electron chi connectivity index (χ0n) is 18.9. The molecule has 0 unspecified atom stereocenters. The minimum atomic E-state index is -0.281. The van der Waals surface area contributed by atoms with E-state index >= 15 is 0 Å². The molecule has 7 nitrogen and oxygen atoms in total. The second-order valence-corrected chi connectivity index (χ2v) is 9.84. The van der Waals surface area contributed by atoms with E-state index in [2.05, 4.69) is 72.2 Å². The number of nitrogens with zero attached hydrogens (tertiary/aromatic N) is 5. The second-order valence-electron chi connectivity index (χ2n) is 9.84. The van der Waals surface area contributed by atoms with Crippen molar-refractivity contribution in [3.05, 3.63) is 51.1 Å². The van der Waals surface area contributed by atoms with Gasteiger partial charge in [-0.3, -0.25) is 9.69 Å². The Balaban J connectivity index is 1.92. The summed E-state index contributed by atoms with van der Waals surface area (Å²) in [6, 6.07) is 5.99. The molecular weight excluding hydrogens is 376 g/mol. The lowest BCUT2D eigenvalue weighted by atomic mass is 9.94. The Hall–Kier alpha value is -2.54. The molecule has 160 valence electrons. The molecule has 0 bridgehead atoms. The van der Waals surface area contributed by atoms with E-state index in [0.717, 1.165) is 48.2 Å². The van der Waals surface area contributed by atoms with Crippen molar-refractivity contribution >= 4 is 10.9 Å². The third-order valence-corrected chi connectivity index (χ3v) is 6.17. The highest BCUT2D eigenvalue weighted by molar-refractivity contribution is 5.83. The summed E-state index contributed by atoms with van der Waals surface area (Å²) in [5.41, 5.74) is 3.52. The highest BCUT2D eigenvalue weighted by atomic mass is 16.1. The Morgan fingerprint density at radius 1 is 1.13 bits per heavy atom. The topological polar surface area (TPSA) is 79.7 Å². The standard InChI is InChI=1S/C23H32N6O/c1-14-7-9-28(10-8-14)20(21-25-26-27-29(21)23(4,5)6)18-13-17-12-15(2)11-16(3)19(17)24-22(18)30/h11-14,20H,7-10H2,1-6H3,(H,24,30)/t20-/m0/s1. The number of fused-ring (bicyclic) bond motifs is 1. The van der Waals surface area contributed by atoms with E-state index in [4.69, 9.17) is 0 Å². The number of hydrogen-bond donors (Lipinski definition) is 1. The number of likely N-dealkylation sites (tertiary alicyclic amines) is 1. The van der Waals surface area contributed by atoms with Crippen LogP contribution in [0.25, 0.3) is 10.9 Å². The molecule has 1 saturated heterocycles. The molecule has 4 rings (SSSR count). The van der Waals surface area contributed by atoms with E-state index in [1.807, 2.05) is 17.7 Å². The second kappa shape index (κ2) is 7.61. The Bertz CT molecular complexity index is 1110. The molecule has 1 aliphatic heterocycles. The van der Waals surface area contributed by atoms with Crippen LogP contribution in [-0.4, -0.2) is 43.2 Å². The lowest BCUT2D eigenvalue weighted by Gasteiger charge is -2.36. The van der Waals surface area contributed by atoms with E-state index < -0.39 is 0 Å². The molecular formula is C23H32N6O. The first kappa shape index (κ1) is 20.7. The van der Waals surface area contributed by atoms with Gasteiger partial charge in [-0.15, -0.1) is 5.10 Å². The number of benzene rings is 1. The molecule has 0 radical (unpaired) electrons. The first-order valence-electron chi connectivity index (χ1n) is 10.8. The first-order chi connectivity index (χ1) is 14.1. The zero-order valence-corrected chi connectivity index (χ0v) is 18.9. The number of hydrogen-bond acceptors (Lipinski definition) is 5. The molecule has 1 aromatic carbocycles. The predicted octanol–water partition coefficient (Wildman–Crippen LogP) is 3.71. The normalized spacial score (nSPS) is 17.5. The van der Waals surface area contributed by atoms with Crippen molar-refractivity contribution in [2.24, 2.45) is 5.92 Å². The predicted molar refractivity (Wildman–Crippen MR) is 119 cm³/mol. The highest BCUT2D eigenvalue weighted by Crippen LogP contribution is 2.32. The van der Waals surface area contributed by atoms with Gasteiger partial charge in [-0.05, 0) is 100.0 Å². The molecule has 1 aliphatic rings. The lowest BCUT2D eigenvalue weighted by Crippen LogP contribution is -2.41. The van der Waals surface area contributed by atoms with Crippen LogP contribution in [0, 0.1) is 19.8 Å². The smallest absolute Gasteiger partial charge is 0.253 e. The van der Waals surface area contributed by atoms with Crippen LogP contribution in [0.3, 0.4) is 0 Å². The molecule has 0 amide bonds. The van der Waals surface area contributed by atoms with Gasteiger partial charge in [-0.25, -0.2) is 4.68 Å². The summed E-state index contributed by atoms with van der Waals surface area (Å²) in [6.45, 7) is 14.5. The quantitative estimate of drug-likeness (QED) is 0.715. The molecule has 2 aromatic heterocycles. The van der Waals surface area contributed by atoms with Crippen molar-refractivity contribution in [2.45, 2.75) is 66.0 Å². The number of aryl methyl sites for hydroxylation is 2. The van der Waals surface area contributed by atoms with Crippen LogP contribution in [0.15, 0.2) is 23.0 Å². The Kier molecular flexibility index (Phi) is 5.26. The molecule has 0 aliphatic carbocycles. The van der Waals surface area contributed by atoms with E-state index in [1.165, 1.54) is 5.56 Å². The molecule has 1 N–H and O–H groups in total. The SMILES string of the molecule is Cc1cc(C)c2[nH]c(=O)c([C@@H](c3nnnn3C(C)(C)C)N3CCC(C)CC3)cc2c1. The number of rotatable bonds is 3. The number of aromatic nitrogens is 5. The molecule has 3 aromatic rings. The van der Waals surface area contributed by atoms with Crippen molar-refractivity contribution < 1.29 is 0 Å². The number of H-pyrrole nitrogens is 1. The summed E-state index contributed by atoms with van der Waals surface area (Å²) < 4.78 is 1.86. The molecule has 0 saturated carbocycles. The molecule has 30 heavy (non-hydrogen) atoms. The summed E-state index contributed by atoms with van der Waals surface area (Å²) in [5.74, 6) is 1.42. The van der Waals surface area contributed by atoms with Gasteiger partial charge in [0.25, 0.3) is 5.56 Å². The number of piperidine rings is 1. The largest absolute Gasteiger partial charge is 0.321 e. The van der Waals surface area contributed by atoms with Crippen LogP contribution in [0.1, 0.15) is 69.1 Å². The van der Waals surface area contributed by atoms with Gasteiger partial charge >= 0.3 is 0 Å². The maximum absolute atomic E-state index is 13.3. The minimum Gasteiger partial charge on any atom is -0.321 e. The van der Waals surface area contributed by atoms with Gasteiger partial charge in [0.15, 0.2) is 5.82 Å². The van der Waals surface area contributed by atoms with Gasteiger partial charge in [0, 0.05) is 5.56 Å². The van der Waals surface area contributed by atoms with Crippen LogP contribution in [-0.2, 0) is 5.54 Å². The summed E-state index contributed by atoms with van der Waals surface area (Å²) in [6.07, 6.45) is 2.22. The molecule has 7 heteroatoms. The average molecular weight is 409 g/mol. The number of tetrazole rings is 1. The van der Waals surface area contributed by atoms with Crippen LogP contribution >= 0.6 is 0 Å². The first-order valence-corrected chi connectivity index (χ1v) is 10.8. The zero-order chi connectivity index (χ0) is 21.6. The highest BCUT2D eigenvalue weighted by Gasteiger charge is 2.34. The fraction of sp³-hybridized carbons (Fsp3) is 0.565. The summed E-state index contributed by atoms with van der Waals surface area (Å²) in [7, 11) is 0. The van der Waals surface area contributed by atoms with Crippen LogP contribution < -0.4 is 5.56 Å². The summed E-state index contributed by atoms with van der Waals surface area (Å²) in [5, 5.41) is 13.7. The molecule has 0 spiro atoms. The van der Waals surface area contributed by atoms with Crippen molar-refractivity contribution in [3.8, 4) is 0 Å². The monoisotopic (exact) mass is 408 g/mol. The van der Waals surface area contributed by atoms with Gasteiger partial charge in [0.2, 0.25) is 0 Å². The van der Waals surface area contributed by atoms with E-state index in [9.17, 15) is 4.79 Å². The van der Waals surface area contributed by atoms with Crippen molar-refractivity contribution in [1.29, 1.82) is 0 Å². The fourth-order valence-electron chi connectivity index (χ4n) is 4.54. The van der Waals surface area contributed by atoms with Crippen molar-refractivity contribution in [2.75, 3.05) is 13.1 Å². The molecule has 3 heterocycles. The van der Waals surface area contributed by atoms with Crippen molar-refractivity contribution in [3.63, 3.8) is 0 Å². The van der Waals surface area contributed by atoms with Crippen LogP contribution in [0.4, 0.5) is 0 Å². The average Bonchev–Trinajstić information content (AvgIpc) is 3.14. The van der Waals surface area contributed by atoms with E-state index in [1.54, 1.807) is 0 Å². The molecule has 1 fully saturated rings. The number of aromatic amines is 1. The third kappa shape index (κ3) is 3.78. The Morgan fingerprint density at radius 2 is 1.83 bits per heavy atom. The third-order valence-electron chi connectivity index (χ3n) is 6.17. The minimum absolute atomic E-state index is 0.0680. The van der Waals surface area contributed by atoms with Gasteiger partial charge in [-0.2, -0.15) is 0 Å². The van der Waals surface area contributed by atoms with E-state index in [-0.39, 0.29) is 17.1 Å². The van der Waals surface area contributed by atoms with Gasteiger partial charge < -0.3 is 4.98 Å². The van der Waals surface area contributed by atoms with Crippen LogP contribution in [0.5, 0.6) is 0 Å². The number of pyridine rings is 1. The maximum Gasteiger partial charge on any atom is 0.253 e. The molecule has 1 atom stereocenters. The fourth-order valence-corrected chi connectivity index (χ4v) is 4.54. The Morgan fingerprint density at radius 3 is 2.50 bits per heavy atom. The van der Waals surface area contributed by atoms with Gasteiger partial charge in [0.1, 0.15) is 6.04 Å². The summed E-state index contributed by atoms with van der Waals surface area (Å²) in [4.78, 5) is 18.8. The van der Waals surface area contributed by atoms with Gasteiger partial charge in [-0.1, -0.05) is 18.6 Å². The maximum atomic E-state index is 13.3. The van der Waals surface area contributed by atoms with Crippen LogP contribution in [0.2, 0.25) is 0 Å².